The van der Waals surface area contributed by atoms with Crippen LogP contribution < -0.4 is 0 Å². The van der Waals surface area contributed by atoms with Gasteiger partial charge in [-0.05, 0) is 23.6 Å². The summed E-state index contributed by atoms with van der Waals surface area (Å²) in [4.78, 5) is 61.3. The molecule has 6 atom stereocenters. The van der Waals surface area contributed by atoms with E-state index in [1.165, 1.54) is 0 Å². The molecule has 1 heterocycles. The highest BCUT2D eigenvalue weighted by Gasteiger charge is 2.56. The lowest BCUT2D eigenvalue weighted by Gasteiger charge is -2.42. The highest BCUT2D eigenvalue weighted by molar-refractivity contribution is 5.79. The van der Waals surface area contributed by atoms with Gasteiger partial charge < -0.3 is 28.4 Å². The third-order valence-electron chi connectivity index (χ3n) is 5.94. The average molecular weight is 543 g/mol. The first-order valence-electron chi connectivity index (χ1n) is 12.1. The highest BCUT2D eigenvalue weighted by Crippen LogP contribution is 2.32. The predicted octanol–water partition coefficient (Wildman–Crippen LogP) is 2.69. The molecule has 0 bridgehead atoms. The monoisotopic (exact) mass is 542 g/mol. The van der Waals surface area contributed by atoms with Crippen molar-refractivity contribution < 1.29 is 52.4 Å². The molecule has 1 aliphatic heterocycles. The Morgan fingerprint density at radius 2 is 1.21 bits per heavy atom. The Bertz CT molecular complexity index is 1190. The Kier molecular flexibility index (Phi) is 9.78. The van der Waals surface area contributed by atoms with Crippen LogP contribution in [-0.2, 0) is 52.4 Å². The minimum Gasteiger partial charge on any atom is -0.467 e. The molecule has 208 valence electrons. The molecule has 39 heavy (non-hydrogen) atoms. The van der Waals surface area contributed by atoms with Gasteiger partial charge in [0.2, 0.25) is 12.4 Å². The van der Waals surface area contributed by atoms with Gasteiger partial charge >= 0.3 is 29.8 Å². The van der Waals surface area contributed by atoms with E-state index in [2.05, 4.69) is 0 Å². The topological polar surface area (TPSA) is 141 Å². The van der Waals surface area contributed by atoms with E-state index < -0.39 is 66.5 Å². The zero-order valence-electron chi connectivity index (χ0n) is 22.2. The fourth-order valence-corrected chi connectivity index (χ4v) is 4.12. The lowest BCUT2D eigenvalue weighted by atomic mass is 9.96. The summed E-state index contributed by atoms with van der Waals surface area (Å²) in [6.45, 7) is 4.82. The minimum absolute atomic E-state index is 0.623. The predicted molar refractivity (Wildman–Crippen MR) is 134 cm³/mol. The number of methoxy groups -OCH3 is 1. The summed E-state index contributed by atoms with van der Waals surface area (Å²) in [5, 5.41) is 0. The van der Waals surface area contributed by atoms with Crippen molar-refractivity contribution in [3.8, 4) is 11.1 Å². The van der Waals surface area contributed by atoms with Crippen molar-refractivity contribution in [2.75, 3.05) is 7.11 Å². The molecule has 0 aliphatic carbocycles. The van der Waals surface area contributed by atoms with Crippen molar-refractivity contribution in [2.24, 2.45) is 0 Å². The first-order valence-corrected chi connectivity index (χ1v) is 12.1. The van der Waals surface area contributed by atoms with E-state index in [-0.39, 0.29) is 0 Å². The van der Waals surface area contributed by atoms with Crippen LogP contribution in [0.4, 0.5) is 0 Å². The van der Waals surface area contributed by atoms with Gasteiger partial charge in [-0.2, -0.15) is 0 Å². The van der Waals surface area contributed by atoms with Crippen LogP contribution in [-0.4, -0.2) is 67.7 Å². The van der Waals surface area contributed by atoms with Gasteiger partial charge in [-0.1, -0.05) is 54.6 Å². The van der Waals surface area contributed by atoms with Gasteiger partial charge in [0.1, 0.15) is 0 Å². The largest absolute Gasteiger partial charge is 0.467 e. The number of rotatable bonds is 8. The Hall–Kier alpha value is -4.25. The van der Waals surface area contributed by atoms with Crippen LogP contribution >= 0.6 is 0 Å². The van der Waals surface area contributed by atoms with Crippen molar-refractivity contribution in [1.29, 1.82) is 0 Å². The molecule has 2 aromatic rings. The maximum absolute atomic E-state index is 13.2. The molecule has 3 rings (SSSR count). The van der Waals surface area contributed by atoms with E-state index in [0.29, 0.717) is 5.56 Å². The molecule has 0 aromatic heterocycles. The second kappa shape index (κ2) is 13.0. The van der Waals surface area contributed by atoms with Crippen LogP contribution in [0.2, 0.25) is 0 Å². The third kappa shape index (κ3) is 7.41. The highest BCUT2D eigenvalue weighted by atomic mass is 16.7. The van der Waals surface area contributed by atoms with Crippen LogP contribution in [0.15, 0.2) is 54.6 Å². The SMILES string of the molecule is COC(=O)[C@H]1O[C@@H](OC(=O)[C@H](C)c2ccc(-c3ccccc3)cc2)[C@H](OC(C)=O)[C@@H](OC(C)=O)[C@@H]1OC(C)=O. The van der Waals surface area contributed by atoms with Crippen molar-refractivity contribution in [3.05, 3.63) is 60.2 Å². The van der Waals surface area contributed by atoms with Crippen LogP contribution in [0.3, 0.4) is 0 Å². The number of benzene rings is 2. The van der Waals surface area contributed by atoms with E-state index in [9.17, 15) is 24.0 Å². The van der Waals surface area contributed by atoms with Gasteiger partial charge in [-0.15, -0.1) is 0 Å². The molecular formula is C28H30O11. The molecule has 0 unspecified atom stereocenters. The van der Waals surface area contributed by atoms with Gasteiger partial charge in [0.15, 0.2) is 18.3 Å². The molecule has 11 nitrogen and oxygen atoms in total. The number of hydrogen-bond donors (Lipinski definition) is 0. The quantitative estimate of drug-likeness (QED) is 0.359. The number of ether oxygens (including phenoxy) is 6. The first kappa shape index (κ1) is 29.3. The molecule has 0 spiro atoms. The average Bonchev–Trinajstić information content (AvgIpc) is 2.90. The van der Waals surface area contributed by atoms with Crippen LogP contribution in [0.25, 0.3) is 11.1 Å². The van der Waals surface area contributed by atoms with Crippen molar-refractivity contribution in [2.45, 2.75) is 64.3 Å². The maximum Gasteiger partial charge on any atom is 0.339 e. The standard InChI is InChI=1S/C28H30O11/c1-15(19-11-13-21(14-12-19)20-9-7-6-8-10-20)26(32)39-28-25(37-18(4)31)23(36-17(3)30)22(35-16(2)29)24(38-28)27(33)34-5/h6-15,22-25,28H,1-5H3/t15-,22+,23+,24+,25-,28+/m1/s1. The van der Waals surface area contributed by atoms with E-state index >= 15 is 0 Å². The summed E-state index contributed by atoms with van der Waals surface area (Å²) in [6.07, 6.45) is -8.03. The number of carbonyl (C=O) groups is 5. The molecule has 1 aliphatic rings. The smallest absolute Gasteiger partial charge is 0.339 e. The fourth-order valence-electron chi connectivity index (χ4n) is 4.12. The summed E-state index contributed by atoms with van der Waals surface area (Å²) in [5.41, 5.74) is 2.58. The summed E-state index contributed by atoms with van der Waals surface area (Å²) in [7, 11) is 1.07. The van der Waals surface area contributed by atoms with E-state index in [0.717, 1.165) is 39.0 Å². The molecular weight excluding hydrogens is 512 g/mol. The number of carbonyl (C=O) groups excluding carboxylic acids is 5. The Labute approximate surface area is 225 Å². The van der Waals surface area contributed by atoms with Crippen LogP contribution in [0.1, 0.15) is 39.2 Å². The van der Waals surface area contributed by atoms with Gasteiger partial charge in [0.05, 0.1) is 13.0 Å². The summed E-state index contributed by atoms with van der Waals surface area (Å²) < 4.78 is 31.7. The van der Waals surface area contributed by atoms with Crippen molar-refractivity contribution in [1.82, 2.24) is 0 Å². The normalized spacial score (nSPS) is 23.1. The molecule has 1 fully saturated rings. The molecule has 0 amide bonds. The van der Waals surface area contributed by atoms with Gasteiger partial charge in [-0.3, -0.25) is 19.2 Å². The Morgan fingerprint density at radius 1 is 0.692 bits per heavy atom. The van der Waals surface area contributed by atoms with Gasteiger partial charge in [-0.25, -0.2) is 4.79 Å². The summed E-state index contributed by atoms with van der Waals surface area (Å²) in [6, 6.07) is 16.9. The van der Waals surface area contributed by atoms with Crippen LogP contribution in [0.5, 0.6) is 0 Å². The van der Waals surface area contributed by atoms with E-state index in [4.69, 9.17) is 28.4 Å². The molecule has 2 aromatic carbocycles. The first-order chi connectivity index (χ1) is 18.5. The van der Waals surface area contributed by atoms with Gasteiger partial charge in [0, 0.05) is 20.8 Å². The fraction of sp³-hybridized carbons (Fsp3) is 0.393. The zero-order valence-corrected chi connectivity index (χ0v) is 22.2. The second-order valence-electron chi connectivity index (χ2n) is 8.82. The van der Waals surface area contributed by atoms with Crippen molar-refractivity contribution >= 4 is 29.8 Å². The number of hydrogen-bond acceptors (Lipinski definition) is 11. The van der Waals surface area contributed by atoms with Crippen molar-refractivity contribution in [3.63, 3.8) is 0 Å². The van der Waals surface area contributed by atoms with E-state index in [1.54, 1.807) is 19.1 Å². The molecule has 11 heteroatoms. The molecule has 0 saturated carbocycles. The van der Waals surface area contributed by atoms with Gasteiger partial charge in [0.25, 0.3) is 0 Å². The number of esters is 5. The van der Waals surface area contributed by atoms with Crippen LogP contribution in [0, 0.1) is 0 Å². The lowest BCUT2D eigenvalue weighted by molar-refractivity contribution is -0.294. The molecule has 0 N–H and O–H groups in total. The lowest BCUT2D eigenvalue weighted by Crippen LogP contribution is -2.64. The third-order valence-corrected chi connectivity index (χ3v) is 5.94. The molecule has 0 radical (unpaired) electrons. The zero-order chi connectivity index (χ0) is 28.7. The Balaban J connectivity index is 1.89. The second-order valence-corrected chi connectivity index (χ2v) is 8.82. The summed E-state index contributed by atoms with van der Waals surface area (Å²) >= 11 is 0. The Morgan fingerprint density at radius 3 is 1.74 bits per heavy atom. The minimum atomic E-state index is -1.70. The van der Waals surface area contributed by atoms with E-state index in [1.807, 2.05) is 42.5 Å². The molecule has 1 saturated heterocycles. The maximum atomic E-state index is 13.2. The summed E-state index contributed by atoms with van der Waals surface area (Å²) in [5.74, 6) is -5.07.